The molecule has 7 heteroatoms. The molecule has 0 heterocycles. The van der Waals surface area contributed by atoms with E-state index < -0.39 is 11.9 Å². The summed E-state index contributed by atoms with van der Waals surface area (Å²) in [5.74, 6) is -0.904. The van der Waals surface area contributed by atoms with Crippen molar-refractivity contribution in [2.24, 2.45) is 0 Å². The molecule has 0 aromatic heterocycles. The van der Waals surface area contributed by atoms with Crippen molar-refractivity contribution >= 4 is 23.3 Å². The molecule has 0 aliphatic heterocycles. The summed E-state index contributed by atoms with van der Waals surface area (Å²) in [7, 11) is 0. The fraction of sp³-hybridized carbons (Fsp3) is 0.150. The van der Waals surface area contributed by atoms with Crippen molar-refractivity contribution in [1.82, 2.24) is 0 Å². The Morgan fingerprint density at radius 3 is 2.52 bits per heavy atom. The molecule has 27 heavy (non-hydrogen) atoms. The maximum Gasteiger partial charge on any atom is 0.338 e. The quantitative estimate of drug-likeness (QED) is 0.313. The van der Waals surface area contributed by atoms with Gasteiger partial charge in [-0.3, -0.25) is 4.79 Å². The molecule has 0 saturated carbocycles. The summed E-state index contributed by atoms with van der Waals surface area (Å²) < 4.78 is 4.89. The molecule has 0 radical (unpaired) electrons. The minimum Gasteiger partial charge on any atom is -0.508 e. The molecule has 0 fully saturated rings. The van der Waals surface area contributed by atoms with Gasteiger partial charge in [-0.2, -0.15) is 5.26 Å². The van der Waals surface area contributed by atoms with Crippen molar-refractivity contribution in [3.05, 3.63) is 65.4 Å². The lowest BCUT2D eigenvalue weighted by Gasteiger charge is -2.08. The average Bonchev–Trinajstić information content (AvgIpc) is 2.64. The van der Waals surface area contributed by atoms with Crippen LogP contribution in [0, 0.1) is 18.3 Å². The molecule has 0 atom stereocenters. The summed E-state index contributed by atoms with van der Waals surface area (Å²) in [5, 5.41) is 24.1. The van der Waals surface area contributed by atoms with E-state index in [2.05, 4.69) is 10.6 Å². The van der Waals surface area contributed by atoms with Crippen LogP contribution in [0.5, 0.6) is 5.75 Å². The van der Waals surface area contributed by atoms with Crippen LogP contribution in [0.25, 0.3) is 0 Å². The number of phenols is 1. The van der Waals surface area contributed by atoms with Gasteiger partial charge in [0.25, 0.3) is 5.91 Å². The first-order valence-electron chi connectivity index (χ1n) is 8.19. The molecule has 2 aromatic rings. The normalized spacial score (nSPS) is 10.6. The van der Waals surface area contributed by atoms with Crippen LogP contribution >= 0.6 is 0 Å². The molecule has 0 saturated heterocycles. The van der Waals surface area contributed by atoms with Crippen LogP contribution in [0.2, 0.25) is 0 Å². The summed E-state index contributed by atoms with van der Waals surface area (Å²) in [6.45, 7) is 3.78. The Hall–Kier alpha value is -3.79. The lowest BCUT2D eigenvalue weighted by molar-refractivity contribution is -0.112. The van der Waals surface area contributed by atoms with Gasteiger partial charge >= 0.3 is 5.97 Å². The number of phenolic OH excluding ortho intramolecular Hbond substituents is 1. The lowest BCUT2D eigenvalue weighted by atomic mass is 10.2. The monoisotopic (exact) mass is 365 g/mol. The molecule has 0 unspecified atom stereocenters. The van der Waals surface area contributed by atoms with Crippen LogP contribution in [-0.4, -0.2) is 23.6 Å². The van der Waals surface area contributed by atoms with Crippen molar-refractivity contribution in [3.63, 3.8) is 0 Å². The molecule has 0 bridgehead atoms. The number of aromatic hydroxyl groups is 1. The van der Waals surface area contributed by atoms with Gasteiger partial charge in [-0.25, -0.2) is 4.79 Å². The van der Waals surface area contributed by atoms with E-state index in [0.717, 1.165) is 5.56 Å². The highest BCUT2D eigenvalue weighted by atomic mass is 16.5. The van der Waals surface area contributed by atoms with E-state index in [1.165, 1.54) is 24.4 Å². The molecule has 0 spiro atoms. The van der Waals surface area contributed by atoms with Crippen molar-refractivity contribution in [1.29, 1.82) is 5.26 Å². The zero-order chi connectivity index (χ0) is 19.8. The molecular formula is C20H19N3O4. The highest BCUT2D eigenvalue weighted by Crippen LogP contribution is 2.20. The molecule has 2 rings (SSSR count). The fourth-order valence-electron chi connectivity index (χ4n) is 2.21. The molecule has 0 aliphatic rings. The Bertz CT molecular complexity index is 912. The predicted molar refractivity (Wildman–Crippen MR) is 101 cm³/mol. The Balaban J connectivity index is 2.06. The van der Waals surface area contributed by atoms with E-state index in [0.29, 0.717) is 16.9 Å². The van der Waals surface area contributed by atoms with Crippen molar-refractivity contribution in [3.8, 4) is 11.8 Å². The summed E-state index contributed by atoms with van der Waals surface area (Å²) in [6.07, 6.45) is 1.29. The number of nitriles is 1. The predicted octanol–water partition coefficient (Wildman–Crippen LogP) is 3.34. The molecule has 7 nitrogen and oxygen atoms in total. The van der Waals surface area contributed by atoms with Crippen LogP contribution in [0.3, 0.4) is 0 Å². The minimum absolute atomic E-state index is 0.128. The number of hydrogen-bond acceptors (Lipinski definition) is 6. The number of benzene rings is 2. The lowest BCUT2D eigenvalue weighted by Crippen LogP contribution is -2.15. The van der Waals surface area contributed by atoms with E-state index in [4.69, 9.17) is 4.74 Å². The van der Waals surface area contributed by atoms with Gasteiger partial charge in [0, 0.05) is 17.6 Å². The average molecular weight is 365 g/mol. The Kier molecular flexibility index (Phi) is 6.55. The number of hydrogen-bond donors (Lipinski definition) is 3. The third kappa shape index (κ3) is 5.34. The van der Waals surface area contributed by atoms with Crippen LogP contribution < -0.4 is 10.6 Å². The molecule has 138 valence electrons. The van der Waals surface area contributed by atoms with Gasteiger partial charge in [0.1, 0.15) is 17.4 Å². The Morgan fingerprint density at radius 2 is 1.93 bits per heavy atom. The number of amides is 1. The van der Waals surface area contributed by atoms with Crippen LogP contribution in [-0.2, 0) is 9.53 Å². The van der Waals surface area contributed by atoms with Crippen LogP contribution in [0.4, 0.5) is 11.4 Å². The second-order valence-corrected chi connectivity index (χ2v) is 5.57. The number of nitrogens with zero attached hydrogens (tertiary/aromatic N) is 1. The third-order valence-corrected chi connectivity index (χ3v) is 3.60. The van der Waals surface area contributed by atoms with Crippen molar-refractivity contribution < 1.29 is 19.4 Å². The molecule has 3 N–H and O–H groups in total. The number of nitrogens with one attached hydrogen (secondary N) is 2. The van der Waals surface area contributed by atoms with Gasteiger partial charge in [-0.15, -0.1) is 0 Å². The van der Waals surface area contributed by atoms with Gasteiger partial charge in [0.2, 0.25) is 0 Å². The van der Waals surface area contributed by atoms with E-state index in [-0.39, 0.29) is 17.9 Å². The van der Waals surface area contributed by atoms with Gasteiger partial charge < -0.3 is 20.5 Å². The fourth-order valence-corrected chi connectivity index (χ4v) is 2.21. The maximum atomic E-state index is 12.3. The first kappa shape index (κ1) is 19.5. The molecule has 2 aromatic carbocycles. The number of rotatable bonds is 6. The van der Waals surface area contributed by atoms with Crippen molar-refractivity contribution in [2.45, 2.75) is 13.8 Å². The second-order valence-electron chi connectivity index (χ2n) is 5.57. The Morgan fingerprint density at radius 1 is 1.22 bits per heavy atom. The van der Waals surface area contributed by atoms with E-state index in [1.807, 2.05) is 6.07 Å². The number of aryl methyl sites for hydroxylation is 1. The first-order valence-corrected chi connectivity index (χ1v) is 8.19. The number of anilines is 2. The van der Waals surface area contributed by atoms with Crippen LogP contribution in [0.15, 0.2) is 54.2 Å². The van der Waals surface area contributed by atoms with Gasteiger partial charge in [-0.1, -0.05) is 0 Å². The standard InChI is InChI=1S/C20H19N3O4/c1-3-27-20(26)14-4-6-16(7-5-14)23-19(25)15(11-21)12-22-18-9-8-17(24)10-13(18)2/h4-10,12,22,24H,3H2,1-2H3,(H,23,25)/b15-12-. The van der Waals surface area contributed by atoms with Crippen molar-refractivity contribution in [2.75, 3.05) is 17.2 Å². The number of ether oxygens (including phenoxy) is 1. The number of carbonyl (C=O) groups is 2. The molecule has 0 aliphatic carbocycles. The zero-order valence-corrected chi connectivity index (χ0v) is 14.9. The number of carbonyl (C=O) groups excluding carboxylic acids is 2. The molecular weight excluding hydrogens is 346 g/mol. The largest absolute Gasteiger partial charge is 0.508 e. The SMILES string of the molecule is CCOC(=O)c1ccc(NC(=O)/C(C#N)=C\Nc2ccc(O)cc2C)cc1. The number of esters is 1. The van der Waals surface area contributed by atoms with Gasteiger partial charge in [0.15, 0.2) is 0 Å². The molecule has 1 amide bonds. The maximum absolute atomic E-state index is 12.3. The van der Waals surface area contributed by atoms with E-state index in [1.54, 1.807) is 38.1 Å². The summed E-state index contributed by atoms with van der Waals surface area (Å²) in [5.41, 5.74) is 2.10. The van der Waals surface area contributed by atoms with Gasteiger partial charge in [0.05, 0.1) is 12.2 Å². The highest BCUT2D eigenvalue weighted by Gasteiger charge is 2.11. The summed E-state index contributed by atoms with van der Waals surface area (Å²) >= 11 is 0. The third-order valence-electron chi connectivity index (χ3n) is 3.60. The van der Waals surface area contributed by atoms with E-state index in [9.17, 15) is 20.0 Å². The van der Waals surface area contributed by atoms with Crippen LogP contribution in [0.1, 0.15) is 22.8 Å². The van der Waals surface area contributed by atoms with E-state index >= 15 is 0 Å². The Labute approximate surface area is 156 Å². The highest BCUT2D eigenvalue weighted by molar-refractivity contribution is 6.06. The second kappa shape index (κ2) is 9.06. The van der Waals surface area contributed by atoms with Gasteiger partial charge in [-0.05, 0) is 61.9 Å². The first-order chi connectivity index (χ1) is 12.9. The topological polar surface area (TPSA) is 111 Å². The summed E-state index contributed by atoms with van der Waals surface area (Å²) in [6, 6.07) is 12.7. The minimum atomic E-state index is -0.592. The summed E-state index contributed by atoms with van der Waals surface area (Å²) in [4.78, 5) is 23.9. The zero-order valence-electron chi connectivity index (χ0n) is 14.9. The smallest absolute Gasteiger partial charge is 0.338 e.